The van der Waals surface area contributed by atoms with E-state index in [2.05, 4.69) is 10.1 Å². The standard InChI is InChI=1S/C8H7N3O3/c12-4-6-9-7-3-1-2-5(8(13)14)11(7)10-6/h1-3,12H,4H2,(H,13,14). The molecule has 2 aromatic heterocycles. The smallest absolute Gasteiger partial charge is 0.354 e. The number of aromatic nitrogens is 3. The van der Waals surface area contributed by atoms with Crippen molar-refractivity contribution in [3.63, 3.8) is 0 Å². The van der Waals surface area contributed by atoms with Crippen LogP contribution in [0.4, 0.5) is 0 Å². The van der Waals surface area contributed by atoms with E-state index in [1.807, 2.05) is 0 Å². The Morgan fingerprint density at radius 2 is 2.29 bits per heavy atom. The summed E-state index contributed by atoms with van der Waals surface area (Å²) in [5.41, 5.74) is 0.434. The molecule has 0 aliphatic carbocycles. The van der Waals surface area contributed by atoms with Gasteiger partial charge in [-0.15, -0.1) is 5.10 Å². The summed E-state index contributed by atoms with van der Waals surface area (Å²) in [5.74, 6) is -0.872. The molecule has 0 spiro atoms. The van der Waals surface area contributed by atoms with E-state index < -0.39 is 5.97 Å². The highest BCUT2D eigenvalue weighted by Gasteiger charge is 2.10. The van der Waals surface area contributed by atoms with Crippen molar-refractivity contribution in [2.75, 3.05) is 0 Å². The van der Waals surface area contributed by atoms with Crippen molar-refractivity contribution in [1.29, 1.82) is 0 Å². The van der Waals surface area contributed by atoms with Crippen LogP contribution in [0.15, 0.2) is 18.2 Å². The van der Waals surface area contributed by atoms with E-state index in [-0.39, 0.29) is 18.1 Å². The zero-order chi connectivity index (χ0) is 10.1. The van der Waals surface area contributed by atoms with Crippen molar-refractivity contribution in [3.8, 4) is 0 Å². The summed E-state index contributed by atoms with van der Waals surface area (Å²) in [6.07, 6.45) is 0. The number of pyridine rings is 1. The summed E-state index contributed by atoms with van der Waals surface area (Å²) in [5, 5.41) is 21.4. The lowest BCUT2D eigenvalue weighted by Gasteiger charge is -1.96. The van der Waals surface area contributed by atoms with Crippen LogP contribution >= 0.6 is 0 Å². The van der Waals surface area contributed by atoms with Crippen LogP contribution < -0.4 is 0 Å². The number of aromatic carboxylic acids is 1. The molecular formula is C8H7N3O3. The first-order valence-corrected chi connectivity index (χ1v) is 3.91. The minimum atomic E-state index is -1.08. The maximum Gasteiger partial charge on any atom is 0.354 e. The second-order valence-electron chi connectivity index (χ2n) is 2.67. The van der Waals surface area contributed by atoms with Gasteiger partial charge < -0.3 is 10.2 Å². The van der Waals surface area contributed by atoms with Crippen molar-refractivity contribution in [1.82, 2.24) is 14.6 Å². The molecule has 0 atom stereocenters. The molecular weight excluding hydrogens is 186 g/mol. The van der Waals surface area contributed by atoms with Gasteiger partial charge in [0.2, 0.25) is 0 Å². The Morgan fingerprint density at radius 1 is 1.50 bits per heavy atom. The summed E-state index contributed by atoms with van der Waals surface area (Å²) in [6.45, 7) is -0.305. The average Bonchev–Trinajstić information content (AvgIpc) is 2.59. The lowest BCUT2D eigenvalue weighted by molar-refractivity contribution is 0.0687. The zero-order valence-corrected chi connectivity index (χ0v) is 7.08. The number of aliphatic hydroxyl groups excluding tert-OH is 1. The maximum absolute atomic E-state index is 10.8. The molecule has 2 rings (SSSR count). The Bertz CT molecular complexity index is 492. The minimum Gasteiger partial charge on any atom is -0.477 e. The summed E-state index contributed by atoms with van der Waals surface area (Å²) in [6, 6.07) is 4.62. The number of carboxylic acids is 1. The third kappa shape index (κ3) is 1.21. The van der Waals surface area contributed by atoms with Gasteiger partial charge in [-0.25, -0.2) is 14.3 Å². The molecule has 0 aliphatic heterocycles. The second-order valence-corrected chi connectivity index (χ2v) is 2.67. The lowest BCUT2D eigenvalue weighted by Crippen LogP contribution is -2.05. The summed E-state index contributed by atoms with van der Waals surface area (Å²) < 4.78 is 1.19. The number of fused-ring (bicyclic) bond motifs is 1. The zero-order valence-electron chi connectivity index (χ0n) is 7.08. The van der Waals surface area contributed by atoms with Gasteiger partial charge in [0, 0.05) is 0 Å². The highest BCUT2D eigenvalue weighted by molar-refractivity contribution is 5.86. The van der Waals surface area contributed by atoms with Gasteiger partial charge in [0.25, 0.3) is 0 Å². The fraction of sp³-hybridized carbons (Fsp3) is 0.125. The van der Waals surface area contributed by atoms with Crippen LogP contribution in [0, 0.1) is 0 Å². The maximum atomic E-state index is 10.8. The van der Waals surface area contributed by atoms with Crippen molar-refractivity contribution >= 4 is 11.6 Å². The molecule has 6 nitrogen and oxygen atoms in total. The molecule has 6 heteroatoms. The van der Waals surface area contributed by atoms with E-state index in [4.69, 9.17) is 10.2 Å². The van der Waals surface area contributed by atoms with E-state index >= 15 is 0 Å². The van der Waals surface area contributed by atoms with Crippen molar-refractivity contribution in [2.45, 2.75) is 6.61 Å². The van der Waals surface area contributed by atoms with Crippen LogP contribution in [-0.4, -0.2) is 30.8 Å². The molecule has 0 saturated heterocycles. The normalized spacial score (nSPS) is 10.6. The Kier molecular flexibility index (Phi) is 1.90. The van der Waals surface area contributed by atoms with Gasteiger partial charge >= 0.3 is 5.97 Å². The molecule has 2 aromatic rings. The molecule has 0 aliphatic rings. The quantitative estimate of drug-likeness (QED) is 0.696. The van der Waals surface area contributed by atoms with E-state index in [0.29, 0.717) is 5.65 Å². The van der Waals surface area contributed by atoms with Crippen LogP contribution in [0.2, 0.25) is 0 Å². The molecule has 2 heterocycles. The highest BCUT2D eigenvalue weighted by Crippen LogP contribution is 2.05. The molecule has 72 valence electrons. The lowest BCUT2D eigenvalue weighted by atomic mass is 10.3. The SMILES string of the molecule is O=C(O)c1cccc2nc(CO)nn12. The molecule has 0 amide bonds. The Balaban J connectivity index is 2.73. The Morgan fingerprint density at radius 3 is 2.93 bits per heavy atom. The number of carbonyl (C=O) groups is 1. The van der Waals surface area contributed by atoms with Gasteiger partial charge in [-0.3, -0.25) is 0 Å². The van der Waals surface area contributed by atoms with E-state index in [9.17, 15) is 4.79 Å². The molecule has 0 fully saturated rings. The first kappa shape index (κ1) is 8.64. The third-order valence-electron chi connectivity index (χ3n) is 1.76. The molecule has 14 heavy (non-hydrogen) atoms. The fourth-order valence-corrected chi connectivity index (χ4v) is 1.18. The van der Waals surface area contributed by atoms with Crippen molar-refractivity contribution < 1.29 is 15.0 Å². The number of hydrogen-bond donors (Lipinski definition) is 2. The second kappa shape index (κ2) is 3.08. The van der Waals surface area contributed by atoms with Crippen molar-refractivity contribution in [2.24, 2.45) is 0 Å². The molecule has 0 unspecified atom stereocenters. The van der Waals surface area contributed by atoms with Gasteiger partial charge in [0.15, 0.2) is 17.2 Å². The summed E-state index contributed by atoms with van der Waals surface area (Å²) in [4.78, 5) is 14.7. The first-order chi connectivity index (χ1) is 6.72. The van der Waals surface area contributed by atoms with Gasteiger partial charge in [-0.2, -0.15) is 0 Å². The van der Waals surface area contributed by atoms with Crippen molar-refractivity contribution in [3.05, 3.63) is 29.7 Å². The number of rotatable bonds is 2. The average molecular weight is 193 g/mol. The van der Waals surface area contributed by atoms with Crippen LogP contribution in [-0.2, 0) is 6.61 Å². The van der Waals surface area contributed by atoms with Crippen LogP contribution in [0.3, 0.4) is 0 Å². The van der Waals surface area contributed by atoms with Crippen LogP contribution in [0.25, 0.3) is 5.65 Å². The van der Waals surface area contributed by atoms with E-state index in [1.165, 1.54) is 10.6 Å². The monoisotopic (exact) mass is 193 g/mol. The largest absolute Gasteiger partial charge is 0.477 e. The topological polar surface area (TPSA) is 87.7 Å². The van der Waals surface area contributed by atoms with Gasteiger partial charge in [-0.1, -0.05) is 6.07 Å². The highest BCUT2D eigenvalue weighted by atomic mass is 16.4. The molecule has 0 radical (unpaired) electrons. The molecule has 0 saturated carbocycles. The Labute approximate surface area is 78.4 Å². The number of carboxylic acid groups (broad SMARTS) is 1. The minimum absolute atomic E-state index is 0.0229. The van der Waals surface area contributed by atoms with Gasteiger partial charge in [-0.05, 0) is 12.1 Å². The summed E-state index contributed by atoms with van der Waals surface area (Å²) in [7, 11) is 0. The third-order valence-corrected chi connectivity index (χ3v) is 1.76. The van der Waals surface area contributed by atoms with Gasteiger partial charge in [0.1, 0.15) is 6.61 Å². The number of hydrogen-bond acceptors (Lipinski definition) is 4. The fourth-order valence-electron chi connectivity index (χ4n) is 1.18. The number of nitrogens with zero attached hydrogens (tertiary/aromatic N) is 3. The van der Waals surface area contributed by atoms with Crippen LogP contribution in [0.5, 0.6) is 0 Å². The first-order valence-electron chi connectivity index (χ1n) is 3.91. The molecule has 0 bridgehead atoms. The molecule has 0 aromatic carbocycles. The molecule has 2 N–H and O–H groups in total. The number of aliphatic hydroxyl groups is 1. The van der Waals surface area contributed by atoms with Gasteiger partial charge in [0.05, 0.1) is 0 Å². The summed E-state index contributed by atoms with van der Waals surface area (Å²) >= 11 is 0. The predicted octanol–water partition coefficient (Wildman–Crippen LogP) is -0.0802. The van der Waals surface area contributed by atoms with E-state index in [1.54, 1.807) is 12.1 Å². The Hall–Kier alpha value is -1.95. The van der Waals surface area contributed by atoms with E-state index in [0.717, 1.165) is 0 Å². The predicted molar refractivity (Wildman–Crippen MR) is 45.9 cm³/mol. The van der Waals surface area contributed by atoms with Crippen LogP contribution in [0.1, 0.15) is 16.3 Å².